The van der Waals surface area contributed by atoms with E-state index in [4.69, 9.17) is 0 Å². The zero-order valence-electron chi connectivity index (χ0n) is 14.9. The lowest BCUT2D eigenvalue weighted by atomic mass is 9.93. The summed E-state index contributed by atoms with van der Waals surface area (Å²) >= 11 is 0. The molecule has 154 valence electrons. The zero-order valence-corrected chi connectivity index (χ0v) is 15.7. The van der Waals surface area contributed by atoms with Crippen LogP contribution in [0.5, 0.6) is 0 Å². The number of nitrogens with zero attached hydrogens (tertiary/aromatic N) is 2. The number of piperidine rings is 1. The Labute approximate surface area is 163 Å². The fourth-order valence-electron chi connectivity index (χ4n) is 3.68. The minimum Gasteiger partial charge on any atom is -0.371 e. The largest absolute Gasteiger partial charge is 0.525 e. The molecule has 0 aliphatic carbocycles. The Morgan fingerprint density at radius 1 is 0.897 bits per heavy atom. The second-order valence-corrected chi connectivity index (χ2v) is 8.31. The molecule has 2 aromatic carbocycles. The topological polar surface area (TPSA) is 84.0 Å². The smallest absolute Gasteiger partial charge is 0.371 e. The second-order valence-electron chi connectivity index (χ2n) is 6.79. The fourth-order valence-corrected chi connectivity index (χ4v) is 4.09. The Hall–Kier alpha value is -2.66. The summed E-state index contributed by atoms with van der Waals surface area (Å²) in [5.74, 6) is -2.53. The van der Waals surface area contributed by atoms with Crippen molar-refractivity contribution in [2.24, 2.45) is 0 Å². The quantitative estimate of drug-likeness (QED) is 0.552. The second kappa shape index (κ2) is 6.70. The van der Waals surface area contributed by atoms with Gasteiger partial charge in [0.05, 0.1) is 11.1 Å². The van der Waals surface area contributed by atoms with E-state index in [2.05, 4.69) is 9.18 Å². The molecule has 2 amide bonds. The average molecular weight is 428 g/mol. The van der Waals surface area contributed by atoms with Gasteiger partial charge in [0, 0.05) is 29.5 Å². The summed E-state index contributed by atoms with van der Waals surface area (Å²) in [5, 5.41) is 0.525. The van der Waals surface area contributed by atoms with Gasteiger partial charge in [0.25, 0.3) is 11.8 Å². The van der Waals surface area contributed by atoms with Gasteiger partial charge in [-0.05, 0) is 37.5 Å². The van der Waals surface area contributed by atoms with E-state index in [-0.39, 0.29) is 21.6 Å². The normalized spacial score (nSPS) is 17.9. The van der Waals surface area contributed by atoms with E-state index in [1.165, 1.54) is 18.2 Å². The van der Waals surface area contributed by atoms with E-state index in [1.807, 2.05) is 0 Å². The highest BCUT2D eigenvalue weighted by Gasteiger charge is 2.51. The maximum Gasteiger partial charge on any atom is 0.525 e. The van der Waals surface area contributed by atoms with Crippen molar-refractivity contribution >= 4 is 38.4 Å². The molecule has 1 fully saturated rings. The van der Waals surface area contributed by atoms with Crippen LogP contribution in [0.4, 0.5) is 18.9 Å². The summed E-state index contributed by atoms with van der Waals surface area (Å²) in [6.07, 6.45) is 3.10. The minimum atomic E-state index is -6.18. The molecule has 0 unspecified atom stereocenters. The van der Waals surface area contributed by atoms with Gasteiger partial charge in [-0.25, -0.2) is 0 Å². The number of halogens is 3. The molecule has 0 bridgehead atoms. The Morgan fingerprint density at radius 3 is 2.14 bits per heavy atom. The summed E-state index contributed by atoms with van der Waals surface area (Å²) in [6, 6.07) is 7.59. The van der Waals surface area contributed by atoms with Crippen LogP contribution in [0.15, 0.2) is 30.3 Å². The van der Waals surface area contributed by atoms with Crippen LogP contribution >= 0.6 is 0 Å². The standard InChI is InChI=1S/C18H15F3N2O5S/c19-18(20,21)29(26,27)28-23-16(24)12-6-4-5-11-14(22-9-2-1-3-10-22)8-7-13(15(11)12)17(23)25/h4-8H,1-3,9-10H2. The fraction of sp³-hybridized carbons (Fsp3) is 0.333. The summed E-state index contributed by atoms with van der Waals surface area (Å²) in [4.78, 5) is 27.4. The van der Waals surface area contributed by atoms with Gasteiger partial charge in [-0.3, -0.25) is 9.59 Å². The van der Waals surface area contributed by atoms with Gasteiger partial charge in [0.2, 0.25) is 0 Å². The van der Waals surface area contributed by atoms with Gasteiger partial charge in [0.1, 0.15) is 0 Å². The molecule has 1 saturated heterocycles. The van der Waals surface area contributed by atoms with Crippen molar-refractivity contribution in [1.29, 1.82) is 0 Å². The van der Waals surface area contributed by atoms with E-state index >= 15 is 0 Å². The molecule has 0 N–H and O–H groups in total. The molecule has 7 nitrogen and oxygen atoms in total. The van der Waals surface area contributed by atoms with Crippen LogP contribution in [0.3, 0.4) is 0 Å². The number of anilines is 1. The van der Waals surface area contributed by atoms with Crippen LogP contribution in [0.2, 0.25) is 0 Å². The van der Waals surface area contributed by atoms with Gasteiger partial charge in [-0.1, -0.05) is 12.1 Å². The van der Waals surface area contributed by atoms with Crippen molar-refractivity contribution in [2.75, 3.05) is 18.0 Å². The monoisotopic (exact) mass is 428 g/mol. The molecule has 2 heterocycles. The SMILES string of the molecule is O=C1c2cccc3c(N4CCCCC4)ccc(c23)C(=O)N1OS(=O)(=O)C(F)(F)F. The number of alkyl halides is 3. The number of carbonyl (C=O) groups is 2. The Bertz CT molecular complexity index is 1100. The number of rotatable bonds is 3. The van der Waals surface area contributed by atoms with Crippen LogP contribution < -0.4 is 4.90 Å². The molecule has 4 rings (SSSR count). The first kappa shape index (κ1) is 19.6. The maximum atomic E-state index is 12.7. The number of imide groups is 1. The summed E-state index contributed by atoms with van der Waals surface area (Å²) < 4.78 is 64.5. The Balaban J connectivity index is 1.82. The molecule has 2 aromatic rings. The summed E-state index contributed by atoms with van der Waals surface area (Å²) in [7, 11) is -6.18. The summed E-state index contributed by atoms with van der Waals surface area (Å²) in [6.45, 7) is 1.61. The molecule has 29 heavy (non-hydrogen) atoms. The molecule has 0 radical (unpaired) electrons. The molecule has 0 atom stereocenters. The predicted octanol–water partition coefficient (Wildman–Crippen LogP) is 3.21. The van der Waals surface area contributed by atoms with E-state index in [9.17, 15) is 31.2 Å². The molecule has 2 aliphatic heterocycles. The lowest BCUT2D eigenvalue weighted by Crippen LogP contribution is -2.44. The lowest BCUT2D eigenvalue weighted by Gasteiger charge is -2.32. The van der Waals surface area contributed by atoms with Crippen LogP contribution in [-0.2, 0) is 14.4 Å². The van der Waals surface area contributed by atoms with Crippen LogP contribution in [0.1, 0.15) is 40.0 Å². The van der Waals surface area contributed by atoms with E-state index in [0.29, 0.717) is 5.39 Å². The number of hydrogen-bond acceptors (Lipinski definition) is 6. The van der Waals surface area contributed by atoms with E-state index < -0.39 is 27.4 Å². The number of amides is 2. The van der Waals surface area contributed by atoms with Crippen LogP contribution in [-0.4, -0.2) is 43.9 Å². The molecular weight excluding hydrogens is 413 g/mol. The van der Waals surface area contributed by atoms with Crippen molar-refractivity contribution < 1.29 is 35.5 Å². The van der Waals surface area contributed by atoms with Gasteiger partial charge in [0.15, 0.2) is 0 Å². The highest BCUT2D eigenvalue weighted by Crippen LogP contribution is 2.38. The maximum absolute atomic E-state index is 12.7. The number of carbonyl (C=O) groups excluding carboxylic acids is 2. The molecule has 0 aromatic heterocycles. The first-order valence-electron chi connectivity index (χ1n) is 8.82. The van der Waals surface area contributed by atoms with Gasteiger partial charge < -0.3 is 4.90 Å². The number of benzene rings is 2. The molecular formula is C18H15F3N2O5S. The third-order valence-electron chi connectivity index (χ3n) is 5.00. The molecule has 0 saturated carbocycles. The Kier molecular flexibility index (Phi) is 4.54. The average Bonchev–Trinajstić information content (AvgIpc) is 2.68. The van der Waals surface area contributed by atoms with Crippen molar-refractivity contribution in [3.05, 3.63) is 41.5 Å². The summed E-state index contributed by atoms with van der Waals surface area (Å²) in [5.41, 5.74) is -5.18. The van der Waals surface area contributed by atoms with Crippen molar-refractivity contribution in [2.45, 2.75) is 24.8 Å². The highest BCUT2D eigenvalue weighted by atomic mass is 32.2. The molecule has 0 spiro atoms. The first-order chi connectivity index (χ1) is 13.6. The first-order valence-corrected chi connectivity index (χ1v) is 10.2. The van der Waals surface area contributed by atoms with Gasteiger partial charge in [-0.2, -0.15) is 21.6 Å². The van der Waals surface area contributed by atoms with Crippen molar-refractivity contribution in [1.82, 2.24) is 5.06 Å². The van der Waals surface area contributed by atoms with E-state index in [1.54, 1.807) is 12.1 Å². The molecule has 11 heteroatoms. The van der Waals surface area contributed by atoms with Crippen LogP contribution in [0.25, 0.3) is 10.8 Å². The minimum absolute atomic E-state index is 0.103. The number of hydrogen-bond donors (Lipinski definition) is 0. The third kappa shape index (κ3) is 3.14. The van der Waals surface area contributed by atoms with Crippen molar-refractivity contribution in [3.63, 3.8) is 0 Å². The van der Waals surface area contributed by atoms with Crippen LogP contribution in [0, 0.1) is 0 Å². The lowest BCUT2D eigenvalue weighted by molar-refractivity contribution is -0.0761. The van der Waals surface area contributed by atoms with Crippen molar-refractivity contribution in [3.8, 4) is 0 Å². The van der Waals surface area contributed by atoms with Gasteiger partial charge >= 0.3 is 15.6 Å². The third-order valence-corrected chi connectivity index (χ3v) is 5.91. The highest BCUT2D eigenvalue weighted by molar-refractivity contribution is 7.87. The zero-order chi connectivity index (χ0) is 21.0. The molecule has 2 aliphatic rings. The number of hydroxylamine groups is 2. The Morgan fingerprint density at radius 2 is 1.52 bits per heavy atom. The van der Waals surface area contributed by atoms with Gasteiger partial charge in [-0.15, -0.1) is 9.35 Å². The van der Waals surface area contributed by atoms with E-state index in [0.717, 1.165) is 38.0 Å². The predicted molar refractivity (Wildman–Crippen MR) is 96.6 cm³/mol.